The van der Waals surface area contributed by atoms with Gasteiger partial charge in [-0.05, 0) is 55.4 Å². The van der Waals surface area contributed by atoms with Crippen LogP contribution in [-0.4, -0.2) is 49.7 Å². The number of benzene rings is 1. The van der Waals surface area contributed by atoms with Crippen molar-refractivity contribution in [1.82, 2.24) is 9.21 Å². The van der Waals surface area contributed by atoms with Crippen molar-refractivity contribution >= 4 is 15.9 Å². The SMILES string of the molecule is C[C@@H]1C[C@H](C)CN(C(=O)c2ccc(S(=O)(=O)N3CCCCC3)cc2)C1. The van der Waals surface area contributed by atoms with Gasteiger partial charge in [-0.2, -0.15) is 4.31 Å². The molecule has 0 saturated carbocycles. The summed E-state index contributed by atoms with van der Waals surface area (Å²) in [4.78, 5) is 14.9. The number of hydrogen-bond donors (Lipinski definition) is 0. The lowest BCUT2D eigenvalue weighted by atomic mass is 9.91. The van der Waals surface area contributed by atoms with Gasteiger partial charge in [0.2, 0.25) is 10.0 Å². The van der Waals surface area contributed by atoms with Gasteiger partial charge in [-0.15, -0.1) is 0 Å². The number of likely N-dealkylation sites (tertiary alicyclic amines) is 1. The van der Waals surface area contributed by atoms with E-state index in [0.717, 1.165) is 38.8 Å². The van der Waals surface area contributed by atoms with Gasteiger partial charge in [0.05, 0.1) is 4.90 Å². The van der Waals surface area contributed by atoms with Crippen LogP contribution in [0.2, 0.25) is 0 Å². The molecular formula is C19H28N2O3S. The van der Waals surface area contributed by atoms with E-state index in [2.05, 4.69) is 13.8 Å². The highest BCUT2D eigenvalue weighted by Crippen LogP contribution is 2.24. The van der Waals surface area contributed by atoms with Crippen LogP contribution in [0.3, 0.4) is 0 Å². The normalized spacial score (nSPS) is 25.8. The lowest BCUT2D eigenvalue weighted by molar-refractivity contribution is 0.0623. The van der Waals surface area contributed by atoms with Gasteiger partial charge in [-0.1, -0.05) is 20.3 Å². The van der Waals surface area contributed by atoms with Gasteiger partial charge in [-0.3, -0.25) is 4.79 Å². The minimum atomic E-state index is -3.44. The topological polar surface area (TPSA) is 57.7 Å². The highest BCUT2D eigenvalue weighted by atomic mass is 32.2. The standard InChI is InChI=1S/C19H28N2O3S/c1-15-12-16(2)14-20(13-15)19(22)17-6-8-18(9-7-17)25(23,24)21-10-4-3-5-11-21/h6-9,15-16H,3-5,10-14H2,1-2H3/t15-,16+. The van der Waals surface area contributed by atoms with Crippen molar-refractivity contribution in [1.29, 1.82) is 0 Å². The van der Waals surface area contributed by atoms with Crippen LogP contribution in [0.1, 0.15) is 49.9 Å². The predicted molar refractivity (Wildman–Crippen MR) is 97.9 cm³/mol. The van der Waals surface area contributed by atoms with Gasteiger partial charge in [-0.25, -0.2) is 8.42 Å². The van der Waals surface area contributed by atoms with Crippen molar-refractivity contribution in [2.45, 2.75) is 44.4 Å². The number of piperidine rings is 2. The fourth-order valence-corrected chi connectivity index (χ4v) is 5.55. The van der Waals surface area contributed by atoms with Crippen LogP contribution < -0.4 is 0 Å². The summed E-state index contributed by atoms with van der Waals surface area (Å²) >= 11 is 0. The lowest BCUT2D eigenvalue weighted by Crippen LogP contribution is -2.42. The maximum absolute atomic E-state index is 12.7. The molecule has 6 heteroatoms. The molecule has 0 bridgehead atoms. The molecule has 2 fully saturated rings. The highest BCUT2D eigenvalue weighted by molar-refractivity contribution is 7.89. The molecule has 0 N–H and O–H groups in total. The summed E-state index contributed by atoms with van der Waals surface area (Å²) in [6.45, 7) is 7.07. The second kappa shape index (κ2) is 7.46. The zero-order valence-corrected chi connectivity index (χ0v) is 16.0. The smallest absolute Gasteiger partial charge is 0.253 e. The van der Waals surface area contributed by atoms with Gasteiger partial charge in [0.25, 0.3) is 5.91 Å². The Kier molecular flexibility index (Phi) is 5.49. The summed E-state index contributed by atoms with van der Waals surface area (Å²) in [5.74, 6) is 1.01. The molecule has 0 spiro atoms. The molecule has 2 atom stereocenters. The van der Waals surface area contributed by atoms with E-state index in [4.69, 9.17) is 0 Å². The Morgan fingerprint density at radius 3 is 2.08 bits per heavy atom. The second-order valence-electron chi connectivity index (χ2n) is 7.65. The fourth-order valence-electron chi connectivity index (χ4n) is 4.04. The molecule has 3 rings (SSSR count). The van der Waals surface area contributed by atoms with Crippen LogP contribution >= 0.6 is 0 Å². The molecule has 0 radical (unpaired) electrons. The van der Waals surface area contributed by atoms with Crippen LogP contribution in [0.25, 0.3) is 0 Å². The lowest BCUT2D eigenvalue weighted by Gasteiger charge is -2.35. The quantitative estimate of drug-likeness (QED) is 0.828. The summed E-state index contributed by atoms with van der Waals surface area (Å²) in [5, 5.41) is 0. The molecule has 1 aromatic rings. The first-order chi connectivity index (χ1) is 11.9. The first-order valence-corrected chi connectivity index (χ1v) is 10.7. The molecule has 2 saturated heterocycles. The zero-order valence-electron chi connectivity index (χ0n) is 15.1. The molecular weight excluding hydrogens is 336 g/mol. The molecule has 2 aliphatic heterocycles. The molecule has 2 heterocycles. The Morgan fingerprint density at radius 1 is 0.960 bits per heavy atom. The molecule has 1 aromatic carbocycles. The van der Waals surface area contributed by atoms with E-state index in [9.17, 15) is 13.2 Å². The summed E-state index contributed by atoms with van der Waals surface area (Å²) in [6, 6.07) is 6.47. The molecule has 1 amide bonds. The summed E-state index contributed by atoms with van der Waals surface area (Å²) in [5.41, 5.74) is 0.568. The predicted octanol–water partition coefficient (Wildman–Crippen LogP) is 2.98. The average Bonchev–Trinajstić information content (AvgIpc) is 2.61. The second-order valence-corrected chi connectivity index (χ2v) is 9.58. The van der Waals surface area contributed by atoms with E-state index in [1.807, 2.05) is 4.90 Å². The summed E-state index contributed by atoms with van der Waals surface area (Å²) < 4.78 is 26.9. The van der Waals surface area contributed by atoms with E-state index in [1.165, 1.54) is 0 Å². The minimum Gasteiger partial charge on any atom is -0.338 e. The Labute approximate surface area is 151 Å². The van der Waals surface area contributed by atoms with Crippen molar-refractivity contribution in [2.24, 2.45) is 11.8 Å². The Morgan fingerprint density at radius 2 is 1.52 bits per heavy atom. The van der Waals surface area contributed by atoms with Crippen molar-refractivity contribution in [3.63, 3.8) is 0 Å². The van der Waals surface area contributed by atoms with E-state index < -0.39 is 10.0 Å². The van der Waals surface area contributed by atoms with Gasteiger partial charge in [0.1, 0.15) is 0 Å². The first kappa shape index (κ1) is 18.4. The third-order valence-corrected chi connectivity index (χ3v) is 7.12. The molecule has 2 aliphatic rings. The molecule has 25 heavy (non-hydrogen) atoms. The minimum absolute atomic E-state index is 0.000297. The van der Waals surface area contributed by atoms with E-state index in [1.54, 1.807) is 28.6 Å². The zero-order chi connectivity index (χ0) is 18.0. The van der Waals surface area contributed by atoms with E-state index >= 15 is 0 Å². The Balaban J connectivity index is 1.74. The van der Waals surface area contributed by atoms with Crippen LogP contribution in [0, 0.1) is 11.8 Å². The van der Waals surface area contributed by atoms with E-state index in [-0.39, 0.29) is 10.8 Å². The van der Waals surface area contributed by atoms with Crippen LogP contribution in [0.5, 0.6) is 0 Å². The highest BCUT2D eigenvalue weighted by Gasteiger charge is 2.28. The van der Waals surface area contributed by atoms with Gasteiger partial charge < -0.3 is 4.90 Å². The van der Waals surface area contributed by atoms with Crippen molar-refractivity contribution in [3.05, 3.63) is 29.8 Å². The number of amides is 1. The molecule has 5 nitrogen and oxygen atoms in total. The third kappa shape index (κ3) is 4.06. The third-order valence-electron chi connectivity index (χ3n) is 5.21. The number of rotatable bonds is 3. The van der Waals surface area contributed by atoms with Gasteiger partial charge in [0.15, 0.2) is 0 Å². The Bertz CT molecular complexity index is 699. The van der Waals surface area contributed by atoms with E-state index in [0.29, 0.717) is 30.5 Å². The van der Waals surface area contributed by atoms with Gasteiger partial charge in [0, 0.05) is 31.7 Å². The van der Waals surface area contributed by atoms with Crippen LogP contribution in [0.15, 0.2) is 29.2 Å². The molecule has 0 aliphatic carbocycles. The Hall–Kier alpha value is -1.40. The number of carbonyl (C=O) groups is 1. The largest absolute Gasteiger partial charge is 0.338 e. The summed E-state index contributed by atoms with van der Waals surface area (Å²) in [7, 11) is -3.44. The van der Waals surface area contributed by atoms with Crippen LogP contribution in [-0.2, 0) is 10.0 Å². The maximum Gasteiger partial charge on any atom is 0.253 e. The maximum atomic E-state index is 12.7. The van der Waals surface area contributed by atoms with Crippen LogP contribution in [0.4, 0.5) is 0 Å². The van der Waals surface area contributed by atoms with Crippen molar-refractivity contribution in [3.8, 4) is 0 Å². The van der Waals surface area contributed by atoms with Crippen molar-refractivity contribution < 1.29 is 13.2 Å². The monoisotopic (exact) mass is 364 g/mol. The fraction of sp³-hybridized carbons (Fsp3) is 0.632. The molecule has 0 aromatic heterocycles. The molecule has 0 unspecified atom stereocenters. The first-order valence-electron chi connectivity index (χ1n) is 9.27. The van der Waals surface area contributed by atoms with Gasteiger partial charge >= 0.3 is 0 Å². The van der Waals surface area contributed by atoms with Crippen molar-refractivity contribution in [2.75, 3.05) is 26.2 Å². The summed E-state index contributed by atoms with van der Waals surface area (Å²) in [6.07, 6.45) is 4.07. The molecule has 138 valence electrons. The number of carbonyl (C=O) groups excluding carboxylic acids is 1. The number of sulfonamides is 1. The number of nitrogens with zero attached hydrogens (tertiary/aromatic N) is 2. The number of hydrogen-bond acceptors (Lipinski definition) is 3. The average molecular weight is 365 g/mol.